The molecule has 0 fully saturated rings. The van der Waals surface area contributed by atoms with Gasteiger partial charge in [-0.3, -0.25) is 13.9 Å². The third kappa shape index (κ3) is 4.24. The van der Waals surface area contributed by atoms with Crippen molar-refractivity contribution in [2.45, 2.75) is 59.5 Å². The van der Waals surface area contributed by atoms with Gasteiger partial charge in [0, 0.05) is 32.7 Å². The largest absolute Gasteiger partial charge is 0.444 e. The normalized spacial score (nSPS) is 19.0. The van der Waals surface area contributed by atoms with Crippen LogP contribution in [0.3, 0.4) is 0 Å². The molecule has 8 heteroatoms. The predicted octanol–water partition coefficient (Wildman–Crippen LogP) is 2.69. The first-order valence-corrected chi connectivity index (χ1v) is 10.8. The van der Waals surface area contributed by atoms with Crippen molar-refractivity contribution in [3.8, 4) is 0 Å². The zero-order valence-electron chi connectivity index (χ0n) is 18.6. The topological polar surface area (TPSA) is 76.8 Å². The number of rotatable bonds is 2. The van der Waals surface area contributed by atoms with Crippen molar-refractivity contribution in [3.63, 3.8) is 0 Å². The van der Waals surface area contributed by atoms with Crippen LogP contribution in [0.2, 0.25) is 0 Å². The van der Waals surface area contributed by atoms with Gasteiger partial charge in [-0.25, -0.2) is 9.59 Å². The second kappa shape index (κ2) is 7.90. The van der Waals surface area contributed by atoms with E-state index in [1.54, 1.807) is 14.0 Å². The van der Waals surface area contributed by atoms with E-state index in [0.717, 1.165) is 5.56 Å². The number of carbonyl (C=O) groups is 2. The molecule has 8 nitrogen and oxygen atoms in total. The summed E-state index contributed by atoms with van der Waals surface area (Å²) in [5.74, 6) is -0.0249. The average molecular weight is 427 g/mol. The molecule has 3 heterocycles. The number of imidazole rings is 1. The Morgan fingerprint density at radius 3 is 2.45 bits per heavy atom. The van der Waals surface area contributed by atoms with Crippen molar-refractivity contribution in [2.75, 3.05) is 13.1 Å². The third-order valence-electron chi connectivity index (χ3n) is 5.65. The number of carbonyl (C=O) groups excluding carboxylic acids is 2. The number of fused-ring (bicyclic) bond motifs is 3. The van der Waals surface area contributed by atoms with Crippen LogP contribution < -0.4 is 5.69 Å². The summed E-state index contributed by atoms with van der Waals surface area (Å²) >= 11 is 0. The molecule has 4 rings (SSSR count). The molecule has 1 aromatic carbocycles. The summed E-state index contributed by atoms with van der Waals surface area (Å²) in [5.41, 5.74) is 1.26. The Labute approximate surface area is 182 Å². The first-order valence-electron chi connectivity index (χ1n) is 10.8. The molecular formula is C23H30N4O4. The lowest BCUT2D eigenvalue weighted by molar-refractivity contribution is 0.0196. The molecule has 2 aliphatic rings. The van der Waals surface area contributed by atoms with E-state index in [1.807, 2.05) is 56.0 Å². The number of hydrogen-bond donors (Lipinski definition) is 0. The van der Waals surface area contributed by atoms with Crippen LogP contribution in [-0.2, 0) is 30.9 Å². The minimum atomic E-state index is -0.608. The smallest absolute Gasteiger partial charge is 0.410 e. The summed E-state index contributed by atoms with van der Waals surface area (Å²) in [6, 6.07) is 9.85. The maximum atomic E-state index is 13.6. The first kappa shape index (κ1) is 21.2. The van der Waals surface area contributed by atoms with Gasteiger partial charge in [-0.2, -0.15) is 0 Å². The molecule has 0 N–H and O–H groups in total. The maximum Gasteiger partial charge on any atom is 0.410 e. The van der Waals surface area contributed by atoms with E-state index in [-0.39, 0.29) is 24.1 Å². The highest BCUT2D eigenvalue weighted by atomic mass is 16.6. The van der Waals surface area contributed by atoms with Gasteiger partial charge in [0.15, 0.2) is 0 Å². The Morgan fingerprint density at radius 2 is 1.77 bits per heavy atom. The minimum absolute atomic E-state index is 0.137. The van der Waals surface area contributed by atoms with Crippen molar-refractivity contribution in [1.29, 1.82) is 0 Å². The van der Waals surface area contributed by atoms with Gasteiger partial charge in [0.05, 0.1) is 12.2 Å². The van der Waals surface area contributed by atoms with E-state index in [9.17, 15) is 14.4 Å². The summed E-state index contributed by atoms with van der Waals surface area (Å²) in [6.45, 7) is 9.98. The fraction of sp³-hybridized carbons (Fsp3) is 0.522. The predicted molar refractivity (Wildman–Crippen MR) is 116 cm³/mol. The molecule has 166 valence electrons. The lowest BCUT2D eigenvalue weighted by Crippen LogP contribution is -2.43. The maximum absolute atomic E-state index is 13.6. The Balaban J connectivity index is 1.68. The molecule has 1 unspecified atom stereocenters. The molecule has 2 aromatic rings. The van der Waals surface area contributed by atoms with Crippen molar-refractivity contribution in [1.82, 2.24) is 18.9 Å². The summed E-state index contributed by atoms with van der Waals surface area (Å²) in [5, 5.41) is 0. The molecule has 0 aliphatic carbocycles. The number of amides is 2. The Hall–Kier alpha value is -3.03. The van der Waals surface area contributed by atoms with E-state index in [1.165, 1.54) is 0 Å². The second-order valence-corrected chi connectivity index (χ2v) is 9.52. The van der Waals surface area contributed by atoms with Gasteiger partial charge >= 0.3 is 11.8 Å². The molecule has 0 bridgehead atoms. The molecule has 2 amide bonds. The van der Waals surface area contributed by atoms with Crippen LogP contribution in [0, 0.1) is 5.92 Å². The Morgan fingerprint density at radius 1 is 1.06 bits per heavy atom. The van der Waals surface area contributed by atoms with Gasteiger partial charge in [-0.05, 0) is 32.3 Å². The van der Waals surface area contributed by atoms with Gasteiger partial charge in [0.1, 0.15) is 11.3 Å². The van der Waals surface area contributed by atoms with Gasteiger partial charge in [0.25, 0.3) is 5.91 Å². The minimum Gasteiger partial charge on any atom is -0.444 e. The van der Waals surface area contributed by atoms with E-state index in [4.69, 9.17) is 4.74 Å². The molecule has 0 radical (unpaired) electrons. The number of ether oxygens (including phenoxy) is 1. The summed E-state index contributed by atoms with van der Waals surface area (Å²) < 4.78 is 8.76. The van der Waals surface area contributed by atoms with Gasteiger partial charge in [-0.15, -0.1) is 0 Å². The molecular weight excluding hydrogens is 396 g/mol. The van der Waals surface area contributed by atoms with Crippen LogP contribution in [0.1, 0.15) is 49.4 Å². The molecule has 31 heavy (non-hydrogen) atoms. The molecule has 0 saturated heterocycles. The van der Waals surface area contributed by atoms with E-state index in [2.05, 4.69) is 6.92 Å². The monoisotopic (exact) mass is 426 g/mol. The SMILES string of the molecule is CC1CN(Cc2ccccc2)C(=O)c2c3n(c(=O)n2C1)CCN(C(=O)OC(C)(C)C)C3. The molecule has 0 saturated carbocycles. The number of hydrogen-bond acceptors (Lipinski definition) is 4. The molecule has 1 atom stereocenters. The van der Waals surface area contributed by atoms with Crippen LogP contribution in [-0.4, -0.2) is 49.6 Å². The first-order chi connectivity index (χ1) is 14.6. The summed E-state index contributed by atoms with van der Waals surface area (Å²) in [4.78, 5) is 42.7. The van der Waals surface area contributed by atoms with Crippen molar-refractivity contribution in [2.24, 2.45) is 5.92 Å². The van der Waals surface area contributed by atoms with Crippen molar-refractivity contribution >= 4 is 12.0 Å². The molecule has 0 spiro atoms. The lowest BCUT2D eigenvalue weighted by atomic mass is 10.1. The lowest BCUT2D eigenvalue weighted by Gasteiger charge is -2.31. The van der Waals surface area contributed by atoms with Crippen LogP contribution in [0.5, 0.6) is 0 Å². The van der Waals surface area contributed by atoms with E-state index in [0.29, 0.717) is 44.1 Å². The van der Waals surface area contributed by atoms with Crippen LogP contribution in [0.4, 0.5) is 4.79 Å². The summed E-state index contributed by atoms with van der Waals surface area (Å²) in [7, 11) is 0. The fourth-order valence-electron chi connectivity index (χ4n) is 4.32. The van der Waals surface area contributed by atoms with Gasteiger partial charge < -0.3 is 14.5 Å². The van der Waals surface area contributed by atoms with Gasteiger partial charge in [0.2, 0.25) is 0 Å². The van der Waals surface area contributed by atoms with Crippen LogP contribution in [0.15, 0.2) is 35.1 Å². The Bertz CT molecular complexity index is 1050. The Kier molecular flexibility index (Phi) is 5.41. The number of nitrogens with zero attached hydrogens (tertiary/aromatic N) is 4. The quantitative estimate of drug-likeness (QED) is 0.740. The molecule has 2 aliphatic heterocycles. The standard InChI is InChI=1S/C23H30N4O4/c1-16-12-25(14-17-8-6-5-7-9-17)20(28)19-18-15-24(22(30)31-23(2,3)4)10-11-26(18)21(29)27(19)13-16/h5-9,16H,10-15H2,1-4H3. The number of aromatic nitrogens is 2. The second-order valence-electron chi connectivity index (χ2n) is 9.52. The van der Waals surface area contributed by atoms with Crippen molar-refractivity contribution in [3.05, 3.63) is 57.8 Å². The number of benzene rings is 1. The summed E-state index contributed by atoms with van der Waals surface area (Å²) in [6.07, 6.45) is -0.429. The van der Waals surface area contributed by atoms with Crippen LogP contribution in [0.25, 0.3) is 0 Å². The highest BCUT2D eigenvalue weighted by Gasteiger charge is 2.36. The van der Waals surface area contributed by atoms with E-state index < -0.39 is 11.7 Å². The molecule has 1 aromatic heterocycles. The fourth-order valence-corrected chi connectivity index (χ4v) is 4.32. The van der Waals surface area contributed by atoms with Crippen LogP contribution >= 0.6 is 0 Å². The highest BCUT2D eigenvalue weighted by molar-refractivity contribution is 5.94. The zero-order valence-corrected chi connectivity index (χ0v) is 18.6. The third-order valence-corrected chi connectivity index (χ3v) is 5.65. The van der Waals surface area contributed by atoms with Gasteiger partial charge in [-0.1, -0.05) is 37.3 Å². The van der Waals surface area contributed by atoms with Crippen molar-refractivity contribution < 1.29 is 14.3 Å². The average Bonchev–Trinajstić information content (AvgIpc) is 2.90. The highest BCUT2D eigenvalue weighted by Crippen LogP contribution is 2.24. The zero-order chi connectivity index (χ0) is 22.3. The van der Waals surface area contributed by atoms with E-state index >= 15 is 0 Å².